The summed E-state index contributed by atoms with van der Waals surface area (Å²) < 4.78 is 0. The summed E-state index contributed by atoms with van der Waals surface area (Å²) in [6.45, 7) is 2.47. The van der Waals surface area contributed by atoms with Crippen LogP contribution in [-0.4, -0.2) is 29.5 Å². The maximum absolute atomic E-state index is 11.4. The van der Waals surface area contributed by atoms with Gasteiger partial charge in [0, 0.05) is 17.5 Å². The second-order valence-corrected chi connectivity index (χ2v) is 4.90. The van der Waals surface area contributed by atoms with E-state index in [1.807, 2.05) is 31.2 Å². The standard InChI is InChI=1S/C14H14N2O2S/c1-2-15-13(18)9-19-14-11(8-17)7-10-5-3-4-6-12(10)16-14/h3-8H,2,9H2,1H3,(H,15,18). The number of benzene rings is 1. The molecule has 0 saturated carbocycles. The average molecular weight is 274 g/mol. The predicted octanol–water partition coefficient (Wildman–Crippen LogP) is 2.28. The summed E-state index contributed by atoms with van der Waals surface area (Å²) in [5, 5.41) is 4.23. The maximum Gasteiger partial charge on any atom is 0.230 e. The van der Waals surface area contributed by atoms with Crippen molar-refractivity contribution in [3.63, 3.8) is 0 Å². The van der Waals surface area contributed by atoms with Gasteiger partial charge in [0.05, 0.1) is 11.3 Å². The Morgan fingerprint density at radius 1 is 1.42 bits per heavy atom. The summed E-state index contributed by atoms with van der Waals surface area (Å²) in [4.78, 5) is 26.9. The Balaban J connectivity index is 2.25. The normalized spacial score (nSPS) is 10.4. The Morgan fingerprint density at radius 2 is 2.21 bits per heavy atom. The number of fused-ring (bicyclic) bond motifs is 1. The highest BCUT2D eigenvalue weighted by atomic mass is 32.2. The van der Waals surface area contributed by atoms with Crippen LogP contribution in [0.25, 0.3) is 10.9 Å². The summed E-state index contributed by atoms with van der Waals surface area (Å²) >= 11 is 1.28. The largest absolute Gasteiger partial charge is 0.356 e. The minimum atomic E-state index is -0.0562. The van der Waals surface area contributed by atoms with E-state index in [0.29, 0.717) is 17.1 Å². The van der Waals surface area contributed by atoms with Gasteiger partial charge in [-0.05, 0) is 19.1 Å². The van der Waals surface area contributed by atoms with Crippen LogP contribution in [0, 0.1) is 0 Å². The van der Waals surface area contributed by atoms with Crippen molar-refractivity contribution in [1.29, 1.82) is 0 Å². The van der Waals surface area contributed by atoms with Gasteiger partial charge in [0.2, 0.25) is 5.91 Å². The first-order valence-corrected chi connectivity index (χ1v) is 6.97. The number of rotatable bonds is 5. The molecular formula is C14H14N2O2S. The highest BCUT2D eigenvalue weighted by molar-refractivity contribution is 8.00. The van der Waals surface area contributed by atoms with Crippen molar-refractivity contribution in [2.24, 2.45) is 0 Å². The molecule has 1 heterocycles. The molecule has 19 heavy (non-hydrogen) atoms. The average Bonchev–Trinajstić information content (AvgIpc) is 2.44. The fraction of sp³-hybridized carbons (Fsp3) is 0.214. The Labute approximate surface area is 115 Å². The van der Waals surface area contributed by atoms with Crippen molar-refractivity contribution in [2.45, 2.75) is 11.9 Å². The highest BCUT2D eigenvalue weighted by Crippen LogP contribution is 2.23. The first-order valence-electron chi connectivity index (χ1n) is 5.99. The molecule has 1 aromatic heterocycles. The monoisotopic (exact) mass is 274 g/mol. The minimum Gasteiger partial charge on any atom is -0.356 e. The molecule has 0 atom stereocenters. The number of thioether (sulfide) groups is 1. The molecule has 1 amide bonds. The summed E-state index contributed by atoms with van der Waals surface area (Å²) in [6, 6.07) is 9.40. The van der Waals surface area contributed by atoms with Crippen LogP contribution < -0.4 is 5.32 Å². The lowest BCUT2D eigenvalue weighted by atomic mass is 10.2. The van der Waals surface area contributed by atoms with Crippen LogP contribution in [0.5, 0.6) is 0 Å². The number of nitrogens with zero attached hydrogens (tertiary/aromatic N) is 1. The minimum absolute atomic E-state index is 0.0562. The van der Waals surface area contributed by atoms with E-state index >= 15 is 0 Å². The zero-order chi connectivity index (χ0) is 13.7. The molecule has 4 nitrogen and oxygen atoms in total. The van der Waals surface area contributed by atoms with Crippen molar-refractivity contribution in [1.82, 2.24) is 10.3 Å². The Kier molecular flexibility index (Phi) is 4.52. The number of pyridine rings is 1. The van der Waals surface area contributed by atoms with E-state index < -0.39 is 0 Å². The predicted molar refractivity (Wildman–Crippen MR) is 76.5 cm³/mol. The summed E-state index contributed by atoms with van der Waals surface area (Å²) in [7, 11) is 0. The van der Waals surface area contributed by atoms with Crippen LogP contribution >= 0.6 is 11.8 Å². The van der Waals surface area contributed by atoms with E-state index in [2.05, 4.69) is 10.3 Å². The second kappa shape index (κ2) is 6.33. The van der Waals surface area contributed by atoms with Gasteiger partial charge in [-0.1, -0.05) is 30.0 Å². The Bertz CT molecular complexity index is 613. The van der Waals surface area contributed by atoms with Gasteiger partial charge in [-0.15, -0.1) is 0 Å². The number of nitrogens with one attached hydrogen (secondary N) is 1. The van der Waals surface area contributed by atoms with E-state index in [1.165, 1.54) is 11.8 Å². The van der Waals surface area contributed by atoms with Crippen LogP contribution in [0.3, 0.4) is 0 Å². The second-order valence-electron chi connectivity index (χ2n) is 3.94. The number of carbonyl (C=O) groups is 2. The summed E-state index contributed by atoms with van der Waals surface area (Å²) in [5.74, 6) is 0.208. The zero-order valence-corrected chi connectivity index (χ0v) is 11.4. The molecule has 2 rings (SSSR count). The van der Waals surface area contributed by atoms with Crippen molar-refractivity contribution in [2.75, 3.05) is 12.3 Å². The van der Waals surface area contributed by atoms with Crippen LogP contribution in [0.15, 0.2) is 35.4 Å². The number of hydrogen-bond donors (Lipinski definition) is 1. The third-order valence-corrected chi connectivity index (χ3v) is 3.56. The molecule has 98 valence electrons. The van der Waals surface area contributed by atoms with Gasteiger partial charge in [0.15, 0.2) is 6.29 Å². The molecule has 0 aliphatic heterocycles. The smallest absolute Gasteiger partial charge is 0.230 e. The number of hydrogen-bond acceptors (Lipinski definition) is 4. The van der Waals surface area contributed by atoms with Gasteiger partial charge in [-0.3, -0.25) is 9.59 Å². The number of para-hydroxylation sites is 1. The molecule has 0 aliphatic rings. The molecule has 5 heteroatoms. The molecule has 1 N–H and O–H groups in total. The van der Waals surface area contributed by atoms with Gasteiger partial charge in [-0.2, -0.15) is 0 Å². The van der Waals surface area contributed by atoms with Gasteiger partial charge < -0.3 is 5.32 Å². The molecular weight excluding hydrogens is 260 g/mol. The first-order chi connectivity index (χ1) is 9.24. The van der Waals surface area contributed by atoms with Crippen LogP contribution in [-0.2, 0) is 4.79 Å². The molecule has 0 radical (unpaired) electrons. The third kappa shape index (κ3) is 3.32. The molecule has 0 bridgehead atoms. The number of amides is 1. The van der Waals surface area contributed by atoms with Gasteiger partial charge in [0.1, 0.15) is 5.03 Å². The summed E-state index contributed by atoms with van der Waals surface area (Å²) in [6.07, 6.45) is 0.777. The summed E-state index contributed by atoms with van der Waals surface area (Å²) in [5.41, 5.74) is 1.35. The number of aromatic nitrogens is 1. The lowest BCUT2D eigenvalue weighted by Crippen LogP contribution is -2.24. The van der Waals surface area contributed by atoms with E-state index in [-0.39, 0.29) is 11.7 Å². The van der Waals surface area contributed by atoms with Gasteiger partial charge >= 0.3 is 0 Å². The Hall–Kier alpha value is -1.88. The van der Waals surface area contributed by atoms with Gasteiger partial charge in [-0.25, -0.2) is 4.98 Å². The van der Waals surface area contributed by atoms with E-state index in [4.69, 9.17) is 0 Å². The third-order valence-electron chi connectivity index (χ3n) is 2.56. The number of carbonyl (C=O) groups excluding carboxylic acids is 2. The molecule has 0 spiro atoms. The highest BCUT2D eigenvalue weighted by Gasteiger charge is 2.09. The molecule has 0 fully saturated rings. The molecule has 0 saturated heterocycles. The van der Waals surface area contributed by atoms with Crippen LogP contribution in [0.4, 0.5) is 0 Å². The Morgan fingerprint density at radius 3 is 2.95 bits per heavy atom. The molecule has 1 aromatic carbocycles. The van der Waals surface area contributed by atoms with Crippen molar-refractivity contribution in [3.8, 4) is 0 Å². The quantitative estimate of drug-likeness (QED) is 0.671. The molecule has 0 aliphatic carbocycles. The topological polar surface area (TPSA) is 59.1 Å². The van der Waals surface area contributed by atoms with Crippen molar-refractivity contribution < 1.29 is 9.59 Å². The number of aldehydes is 1. The van der Waals surface area contributed by atoms with Gasteiger partial charge in [0.25, 0.3) is 0 Å². The SMILES string of the molecule is CCNC(=O)CSc1nc2ccccc2cc1C=O. The van der Waals surface area contributed by atoms with E-state index in [9.17, 15) is 9.59 Å². The molecule has 0 unspecified atom stereocenters. The van der Waals surface area contributed by atoms with Crippen molar-refractivity contribution in [3.05, 3.63) is 35.9 Å². The first kappa shape index (κ1) is 13.5. The lowest BCUT2D eigenvalue weighted by molar-refractivity contribution is -0.118. The van der Waals surface area contributed by atoms with Crippen LogP contribution in [0.2, 0.25) is 0 Å². The zero-order valence-electron chi connectivity index (χ0n) is 10.6. The lowest BCUT2D eigenvalue weighted by Gasteiger charge is -2.06. The van der Waals surface area contributed by atoms with Crippen LogP contribution in [0.1, 0.15) is 17.3 Å². The maximum atomic E-state index is 11.4. The fourth-order valence-corrected chi connectivity index (χ4v) is 2.50. The van der Waals surface area contributed by atoms with E-state index in [0.717, 1.165) is 17.2 Å². The fourth-order valence-electron chi connectivity index (χ4n) is 1.70. The molecule has 2 aromatic rings. The van der Waals surface area contributed by atoms with Crippen molar-refractivity contribution >= 4 is 34.9 Å². The van der Waals surface area contributed by atoms with E-state index in [1.54, 1.807) is 6.07 Å².